The van der Waals surface area contributed by atoms with Gasteiger partial charge in [-0.15, -0.1) is 0 Å². The van der Waals surface area contributed by atoms with E-state index in [1.165, 1.54) is 16.4 Å². The number of rotatable bonds is 9. The zero-order valence-corrected chi connectivity index (χ0v) is 16.5. The smallest absolute Gasteiger partial charge is 0.295 e. The van der Waals surface area contributed by atoms with Crippen molar-refractivity contribution in [1.82, 2.24) is 4.31 Å². The quantitative estimate of drug-likeness (QED) is 0.388. The second-order valence-electron chi connectivity index (χ2n) is 6.24. The van der Waals surface area contributed by atoms with E-state index < -0.39 is 14.9 Å². The third-order valence-corrected chi connectivity index (χ3v) is 6.08. The molecule has 2 rings (SSSR count). The molecule has 0 atom stereocenters. The molecule has 0 spiro atoms. The van der Waals surface area contributed by atoms with Gasteiger partial charge in [0.2, 0.25) is 10.0 Å². The number of hydrazone groups is 1. The molecule has 1 fully saturated rings. The number of anilines is 1. The second kappa shape index (κ2) is 9.77. The number of nitrogens with one attached hydrogen (secondary N) is 1. The van der Waals surface area contributed by atoms with E-state index in [4.69, 9.17) is 4.74 Å². The van der Waals surface area contributed by atoms with Gasteiger partial charge in [0.05, 0.1) is 23.0 Å². The van der Waals surface area contributed by atoms with Gasteiger partial charge in [0.15, 0.2) is 0 Å². The first-order valence-electron chi connectivity index (χ1n) is 9.08. The fourth-order valence-electron chi connectivity index (χ4n) is 2.81. The molecule has 1 aliphatic heterocycles. The van der Waals surface area contributed by atoms with E-state index in [-0.39, 0.29) is 29.4 Å². The Labute approximate surface area is 159 Å². The molecular formula is C17H26N4O5S. The SMILES string of the molecule is CCCC(CCC)=NNc1ccc(S(=O)(=O)N2CCOCC2)cc1[N+](=O)[O-]. The van der Waals surface area contributed by atoms with Crippen LogP contribution in [-0.2, 0) is 14.8 Å². The highest BCUT2D eigenvalue weighted by molar-refractivity contribution is 7.89. The second-order valence-corrected chi connectivity index (χ2v) is 8.18. The lowest BCUT2D eigenvalue weighted by Crippen LogP contribution is -2.40. The Morgan fingerprint density at radius 3 is 2.44 bits per heavy atom. The highest BCUT2D eigenvalue weighted by atomic mass is 32.2. The van der Waals surface area contributed by atoms with Gasteiger partial charge < -0.3 is 4.74 Å². The third kappa shape index (κ3) is 5.47. The minimum Gasteiger partial charge on any atom is -0.379 e. The molecule has 1 aromatic carbocycles. The maximum atomic E-state index is 12.7. The maximum Gasteiger partial charge on any atom is 0.295 e. The molecule has 150 valence electrons. The van der Waals surface area contributed by atoms with Gasteiger partial charge in [-0.1, -0.05) is 26.7 Å². The average molecular weight is 398 g/mol. The number of nitrogens with zero attached hydrogens (tertiary/aromatic N) is 3. The summed E-state index contributed by atoms with van der Waals surface area (Å²) in [7, 11) is -3.80. The first-order chi connectivity index (χ1) is 12.9. The van der Waals surface area contributed by atoms with E-state index in [9.17, 15) is 18.5 Å². The van der Waals surface area contributed by atoms with Crippen molar-refractivity contribution >= 4 is 27.1 Å². The van der Waals surface area contributed by atoms with E-state index in [1.54, 1.807) is 0 Å². The largest absolute Gasteiger partial charge is 0.379 e. The molecule has 0 amide bonds. The number of nitro benzene ring substituents is 1. The number of hydrogen-bond acceptors (Lipinski definition) is 7. The average Bonchev–Trinajstić information content (AvgIpc) is 2.67. The van der Waals surface area contributed by atoms with Crippen LogP contribution in [0.2, 0.25) is 0 Å². The lowest BCUT2D eigenvalue weighted by molar-refractivity contribution is -0.384. The summed E-state index contributed by atoms with van der Waals surface area (Å²) in [4.78, 5) is 10.8. The topological polar surface area (TPSA) is 114 Å². The van der Waals surface area contributed by atoms with Crippen LogP contribution in [0.25, 0.3) is 0 Å². The van der Waals surface area contributed by atoms with Crippen LogP contribution in [-0.4, -0.2) is 49.7 Å². The van der Waals surface area contributed by atoms with Crippen LogP contribution in [0.5, 0.6) is 0 Å². The van der Waals surface area contributed by atoms with Crippen molar-refractivity contribution in [3.05, 3.63) is 28.3 Å². The van der Waals surface area contributed by atoms with Gasteiger partial charge in [-0.3, -0.25) is 15.5 Å². The highest BCUT2D eigenvalue weighted by Crippen LogP contribution is 2.29. The van der Waals surface area contributed by atoms with E-state index in [1.807, 2.05) is 13.8 Å². The zero-order chi connectivity index (χ0) is 19.9. The van der Waals surface area contributed by atoms with Gasteiger partial charge in [0.1, 0.15) is 5.69 Å². The van der Waals surface area contributed by atoms with Crippen molar-refractivity contribution in [2.24, 2.45) is 5.10 Å². The molecule has 1 aromatic rings. The van der Waals surface area contributed by atoms with Gasteiger partial charge in [-0.2, -0.15) is 9.41 Å². The predicted octanol–water partition coefficient (Wildman–Crippen LogP) is 2.98. The molecule has 0 aliphatic carbocycles. The molecule has 0 aromatic heterocycles. The lowest BCUT2D eigenvalue weighted by Gasteiger charge is -2.26. The summed E-state index contributed by atoms with van der Waals surface area (Å²) < 4.78 is 31.9. The molecule has 9 nitrogen and oxygen atoms in total. The molecule has 1 saturated heterocycles. The Kier molecular flexibility index (Phi) is 7.69. The summed E-state index contributed by atoms with van der Waals surface area (Å²) in [5, 5.41) is 15.7. The van der Waals surface area contributed by atoms with E-state index in [2.05, 4.69) is 10.5 Å². The number of benzene rings is 1. The molecular weight excluding hydrogens is 372 g/mol. The van der Waals surface area contributed by atoms with Crippen molar-refractivity contribution in [2.45, 2.75) is 44.4 Å². The Morgan fingerprint density at radius 1 is 1.26 bits per heavy atom. The molecule has 27 heavy (non-hydrogen) atoms. The summed E-state index contributed by atoms with van der Waals surface area (Å²) >= 11 is 0. The standard InChI is InChI=1S/C17H26N4O5S/c1-3-5-14(6-4-2)18-19-16-8-7-15(13-17(16)21(22)23)27(24,25)20-9-11-26-12-10-20/h7-8,13,19H,3-6,9-12H2,1-2H3. The summed E-state index contributed by atoms with van der Waals surface area (Å²) in [6.45, 7) is 5.17. The van der Waals surface area contributed by atoms with Crippen LogP contribution in [0, 0.1) is 10.1 Å². The highest BCUT2D eigenvalue weighted by Gasteiger charge is 2.28. The van der Waals surface area contributed by atoms with Crippen molar-refractivity contribution in [1.29, 1.82) is 0 Å². The predicted molar refractivity (Wildman–Crippen MR) is 104 cm³/mol. The van der Waals surface area contributed by atoms with Gasteiger partial charge in [0, 0.05) is 24.9 Å². The summed E-state index contributed by atoms with van der Waals surface area (Å²) in [6, 6.07) is 3.85. The minimum atomic E-state index is -3.80. The van der Waals surface area contributed by atoms with Crippen molar-refractivity contribution in [3.8, 4) is 0 Å². The van der Waals surface area contributed by atoms with Crippen LogP contribution >= 0.6 is 0 Å². The fraction of sp³-hybridized carbons (Fsp3) is 0.588. The Balaban J connectivity index is 2.31. The lowest BCUT2D eigenvalue weighted by atomic mass is 10.1. The van der Waals surface area contributed by atoms with E-state index >= 15 is 0 Å². The van der Waals surface area contributed by atoms with Crippen LogP contribution < -0.4 is 5.43 Å². The zero-order valence-electron chi connectivity index (χ0n) is 15.7. The van der Waals surface area contributed by atoms with Crippen molar-refractivity contribution in [2.75, 3.05) is 31.7 Å². The van der Waals surface area contributed by atoms with Crippen molar-refractivity contribution < 1.29 is 18.1 Å². The molecule has 1 N–H and O–H groups in total. The Bertz CT molecular complexity index is 781. The van der Waals surface area contributed by atoms with Gasteiger partial charge in [0.25, 0.3) is 5.69 Å². The normalized spacial score (nSPS) is 15.3. The summed E-state index contributed by atoms with van der Waals surface area (Å²) in [6.07, 6.45) is 3.47. The van der Waals surface area contributed by atoms with Crippen LogP contribution in [0.1, 0.15) is 39.5 Å². The van der Waals surface area contributed by atoms with Crippen LogP contribution in [0.15, 0.2) is 28.2 Å². The molecule has 0 bridgehead atoms. The molecule has 1 aliphatic rings. The maximum absolute atomic E-state index is 12.7. The number of sulfonamides is 1. The summed E-state index contributed by atoms with van der Waals surface area (Å²) in [5.74, 6) is 0. The van der Waals surface area contributed by atoms with Gasteiger partial charge in [-0.05, 0) is 25.0 Å². The number of hydrogen-bond donors (Lipinski definition) is 1. The van der Waals surface area contributed by atoms with Crippen LogP contribution in [0.3, 0.4) is 0 Å². The van der Waals surface area contributed by atoms with E-state index in [0.717, 1.165) is 37.5 Å². The van der Waals surface area contributed by atoms with Crippen molar-refractivity contribution in [3.63, 3.8) is 0 Å². The minimum absolute atomic E-state index is 0.104. The van der Waals surface area contributed by atoms with Gasteiger partial charge in [-0.25, -0.2) is 8.42 Å². The van der Waals surface area contributed by atoms with E-state index in [0.29, 0.717) is 13.2 Å². The molecule has 10 heteroatoms. The fourth-order valence-corrected chi connectivity index (χ4v) is 4.24. The van der Waals surface area contributed by atoms with Crippen LogP contribution in [0.4, 0.5) is 11.4 Å². The molecule has 0 unspecified atom stereocenters. The molecule has 0 radical (unpaired) electrons. The first kappa shape index (κ1) is 21.3. The molecule has 0 saturated carbocycles. The Hall–Kier alpha value is -2.04. The monoisotopic (exact) mass is 398 g/mol. The number of ether oxygens (including phenoxy) is 1. The summed E-state index contributed by atoms with van der Waals surface area (Å²) in [5.41, 5.74) is 3.52. The third-order valence-electron chi connectivity index (χ3n) is 4.19. The Morgan fingerprint density at radius 2 is 1.89 bits per heavy atom. The first-order valence-corrected chi connectivity index (χ1v) is 10.5. The molecule has 1 heterocycles. The number of morpholine rings is 1. The number of nitro groups is 1. The van der Waals surface area contributed by atoms with Gasteiger partial charge >= 0.3 is 0 Å².